The summed E-state index contributed by atoms with van der Waals surface area (Å²) in [5, 5.41) is 5.66. The SMILES string of the molecule is O=C(Nc1ccc2c(c1)C(=O)N1CCC[C@H]1C(=O)N2)c1ccc2c(c1)OCCCO2. The third-order valence-electron chi connectivity index (χ3n) is 5.59. The molecule has 8 nitrogen and oxygen atoms in total. The van der Waals surface area contributed by atoms with Crippen LogP contribution in [0.15, 0.2) is 36.4 Å². The Labute approximate surface area is 173 Å². The van der Waals surface area contributed by atoms with Crippen molar-refractivity contribution in [3.05, 3.63) is 47.5 Å². The maximum atomic E-state index is 13.0. The molecule has 5 rings (SSSR count). The topological polar surface area (TPSA) is 97.0 Å². The van der Waals surface area contributed by atoms with E-state index in [1.807, 2.05) is 0 Å². The van der Waals surface area contributed by atoms with Gasteiger partial charge in [0.2, 0.25) is 5.91 Å². The van der Waals surface area contributed by atoms with Gasteiger partial charge in [-0.25, -0.2) is 0 Å². The molecule has 2 N–H and O–H groups in total. The quantitative estimate of drug-likeness (QED) is 0.798. The van der Waals surface area contributed by atoms with Crippen LogP contribution in [0.1, 0.15) is 40.0 Å². The number of amides is 3. The number of nitrogens with one attached hydrogen (secondary N) is 2. The molecule has 2 aromatic carbocycles. The molecule has 8 heteroatoms. The van der Waals surface area contributed by atoms with Crippen molar-refractivity contribution in [2.24, 2.45) is 0 Å². The van der Waals surface area contributed by atoms with Gasteiger partial charge in [0, 0.05) is 24.2 Å². The van der Waals surface area contributed by atoms with Crippen molar-refractivity contribution in [3.63, 3.8) is 0 Å². The number of hydrogen-bond donors (Lipinski definition) is 2. The number of benzene rings is 2. The summed E-state index contributed by atoms with van der Waals surface area (Å²) >= 11 is 0. The largest absolute Gasteiger partial charge is 0.490 e. The molecule has 0 bridgehead atoms. The first-order valence-electron chi connectivity index (χ1n) is 10.1. The Kier molecular flexibility index (Phi) is 4.54. The van der Waals surface area contributed by atoms with E-state index in [-0.39, 0.29) is 17.7 Å². The van der Waals surface area contributed by atoms with E-state index in [9.17, 15) is 14.4 Å². The monoisotopic (exact) mass is 407 g/mol. The summed E-state index contributed by atoms with van der Waals surface area (Å²) in [4.78, 5) is 39.7. The number of anilines is 2. The highest BCUT2D eigenvalue weighted by atomic mass is 16.5. The Bertz CT molecular complexity index is 1050. The van der Waals surface area contributed by atoms with E-state index in [1.165, 1.54) is 0 Å². The van der Waals surface area contributed by atoms with Gasteiger partial charge < -0.3 is 25.0 Å². The Morgan fingerprint density at radius 1 is 1.03 bits per heavy atom. The van der Waals surface area contributed by atoms with Gasteiger partial charge in [-0.15, -0.1) is 0 Å². The predicted molar refractivity (Wildman–Crippen MR) is 109 cm³/mol. The lowest BCUT2D eigenvalue weighted by atomic mass is 10.1. The second-order valence-electron chi connectivity index (χ2n) is 7.57. The molecule has 3 aliphatic heterocycles. The molecule has 0 spiro atoms. The van der Waals surface area contributed by atoms with Crippen molar-refractivity contribution in [1.29, 1.82) is 0 Å². The fourth-order valence-electron chi connectivity index (χ4n) is 4.07. The number of hydrogen-bond acceptors (Lipinski definition) is 5. The van der Waals surface area contributed by atoms with E-state index in [0.717, 1.165) is 12.8 Å². The smallest absolute Gasteiger partial charge is 0.256 e. The van der Waals surface area contributed by atoms with Crippen LogP contribution in [0.5, 0.6) is 11.5 Å². The van der Waals surface area contributed by atoms with Gasteiger partial charge in [-0.1, -0.05) is 0 Å². The van der Waals surface area contributed by atoms with E-state index < -0.39 is 6.04 Å². The van der Waals surface area contributed by atoms with Crippen molar-refractivity contribution in [3.8, 4) is 11.5 Å². The second kappa shape index (κ2) is 7.37. The third-order valence-corrected chi connectivity index (χ3v) is 5.59. The Morgan fingerprint density at radius 3 is 2.73 bits per heavy atom. The summed E-state index contributed by atoms with van der Waals surface area (Å²) in [5.74, 6) is 0.478. The highest BCUT2D eigenvalue weighted by molar-refractivity contribution is 6.11. The first-order chi connectivity index (χ1) is 14.6. The second-order valence-corrected chi connectivity index (χ2v) is 7.57. The van der Waals surface area contributed by atoms with Crippen molar-refractivity contribution in [2.75, 3.05) is 30.4 Å². The molecular formula is C22H21N3O5. The lowest BCUT2D eigenvalue weighted by Crippen LogP contribution is -2.40. The normalized spacial score (nSPS) is 19.9. The average molecular weight is 407 g/mol. The van der Waals surface area contributed by atoms with E-state index in [2.05, 4.69) is 10.6 Å². The first kappa shape index (κ1) is 18.5. The summed E-state index contributed by atoms with van der Waals surface area (Å²) in [7, 11) is 0. The molecular weight excluding hydrogens is 386 g/mol. The summed E-state index contributed by atoms with van der Waals surface area (Å²) in [6.07, 6.45) is 2.26. The number of carbonyl (C=O) groups is 3. The van der Waals surface area contributed by atoms with Crippen LogP contribution >= 0.6 is 0 Å². The minimum atomic E-state index is -0.426. The van der Waals surface area contributed by atoms with E-state index in [0.29, 0.717) is 60.2 Å². The van der Waals surface area contributed by atoms with Gasteiger partial charge in [0.05, 0.1) is 24.5 Å². The lowest BCUT2D eigenvalue weighted by Gasteiger charge is -2.20. The van der Waals surface area contributed by atoms with Crippen LogP contribution in [0.4, 0.5) is 11.4 Å². The molecule has 0 saturated carbocycles. The molecule has 1 fully saturated rings. The highest BCUT2D eigenvalue weighted by Crippen LogP contribution is 2.32. The summed E-state index contributed by atoms with van der Waals surface area (Å²) in [5.41, 5.74) is 1.75. The standard InChI is InChI=1S/C22H21N3O5/c26-20(13-4-7-18-19(11-13)30-10-2-9-29-18)23-14-5-6-16-15(12-14)22(28)25-8-1-3-17(25)21(27)24-16/h4-7,11-12,17H,1-3,8-10H2,(H,23,26)(H,24,27)/t17-/m0/s1. The number of nitrogens with zero attached hydrogens (tertiary/aromatic N) is 1. The van der Waals surface area contributed by atoms with Crippen molar-refractivity contribution in [2.45, 2.75) is 25.3 Å². The van der Waals surface area contributed by atoms with Crippen LogP contribution in [0.25, 0.3) is 0 Å². The molecule has 0 aromatic heterocycles. The molecule has 1 atom stereocenters. The molecule has 0 unspecified atom stereocenters. The zero-order valence-corrected chi connectivity index (χ0v) is 16.3. The maximum absolute atomic E-state index is 13.0. The van der Waals surface area contributed by atoms with E-state index in [4.69, 9.17) is 9.47 Å². The molecule has 3 amide bonds. The van der Waals surface area contributed by atoms with Crippen LogP contribution in [0.3, 0.4) is 0 Å². The molecule has 30 heavy (non-hydrogen) atoms. The molecule has 3 aliphatic rings. The minimum absolute atomic E-state index is 0.163. The van der Waals surface area contributed by atoms with Gasteiger partial charge in [-0.2, -0.15) is 0 Å². The minimum Gasteiger partial charge on any atom is -0.490 e. The lowest BCUT2D eigenvalue weighted by molar-refractivity contribution is -0.119. The van der Waals surface area contributed by atoms with Crippen LogP contribution < -0.4 is 20.1 Å². The van der Waals surface area contributed by atoms with Gasteiger partial charge in [-0.3, -0.25) is 14.4 Å². The third kappa shape index (κ3) is 3.24. The fraction of sp³-hybridized carbons (Fsp3) is 0.318. The van der Waals surface area contributed by atoms with Gasteiger partial charge in [0.15, 0.2) is 11.5 Å². The van der Waals surface area contributed by atoms with Gasteiger partial charge in [-0.05, 0) is 49.2 Å². The van der Waals surface area contributed by atoms with Crippen LogP contribution in [-0.4, -0.2) is 48.4 Å². The maximum Gasteiger partial charge on any atom is 0.256 e. The molecule has 154 valence electrons. The fourth-order valence-corrected chi connectivity index (χ4v) is 4.07. The Morgan fingerprint density at radius 2 is 1.87 bits per heavy atom. The van der Waals surface area contributed by atoms with E-state index in [1.54, 1.807) is 41.3 Å². The molecule has 1 saturated heterocycles. The number of carbonyl (C=O) groups excluding carboxylic acids is 3. The van der Waals surface area contributed by atoms with Crippen LogP contribution in [0, 0.1) is 0 Å². The average Bonchev–Trinajstić information content (AvgIpc) is 3.09. The van der Waals surface area contributed by atoms with Gasteiger partial charge >= 0.3 is 0 Å². The first-order valence-corrected chi connectivity index (χ1v) is 10.1. The van der Waals surface area contributed by atoms with Gasteiger partial charge in [0.1, 0.15) is 6.04 Å². The molecule has 3 heterocycles. The zero-order valence-electron chi connectivity index (χ0n) is 16.3. The Hall–Kier alpha value is -3.55. The summed E-state index contributed by atoms with van der Waals surface area (Å²) < 4.78 is 11.2. The van der Waals surface area contributed by atoms with Crippen molar-refractivity contribution >= 4 is 29.1 Å². The number of fused-ring (bicyclic) bond motifs is 3. The van der Waals surface area contributed by atoms with Crippen LogP contribution in [-0.2, 0) is 4.79 Å². The van der Waals surface area contributed by atoms with Crippen molar-refractivity contribution in [1.82, 2.24) is 4.90 Å². The van der Waals surface area contributed by atoms with Gasteiger partial charge in [0.25, 0.3) is 11.8 Å². The number of rotatable bonds is 2. The van der Waals surface area contributed by atoms with Crippen molar-refractivity contribution < 1.29 is 23.9 Å². The molecule has 0 aliphatic carbocycles. The number of ether oxygens (including phenoxy) is 2. The predicted octanol–water partition coefficient (Wildman–Crippen LogP) is 2.66. The summed E-state index contributed by atoms with van der Waals surface area (Å²) in [6, 6.07) is 9.55. The molecule has 2 aromatic rings. The van der Waals surface area contributed by atoms with Crippen LogP contribution in [0.2, 0.25) is 0 Å². The molecule has 0 radical (unpaired) electrons. The highest BCUT2D eigenvalue weighted by Gasteiger charge is 2.38. The Balaban J connectivity index is 1.39. The summed E-state index contributed by atoms with van der Waals surface area (Å²) in [6.45, 7) is 1.68. The van der Waals surface area contributed by atoms with E-state index >= 15 is 0 Å². The zero-order chi connectivity index (χ0) is 20.7.